The number of fused-ring (bicyclic) bond motifs is 2. The van der Waals surface area contributed by atoms with Crippen LogP contribution in [0, 0.1) is 12.8 Å². The number of nitrogens with zero attached hydrogens (tertiary/aromatic N) is 2. The Morgan fingerprint density at radius 2 is 1.84 bits per heavy atom. The second kappa shape index (κ2) is 9.68. The Labute approximate surface area is 233 Å². The molecular formula is C28H24Cl2N2O5S. The zero-order valence-corrected chi connectivity index (χ0v) is 23.0. The first kappa shape index (κ1) is 25.4. The van der Waals surface area contributed by atoms with Gasteiger partial charge in [0, 0.05) is 14.9 Å². The van der Waals surface area contributed by atoms with Gasteiger partial charge in [-0.05, 0) is 67.5 Å². The molecule has 0 unspecified atom stereocenters. The van der Waals surface area contributed by atoms with Gasteiger partial charge >= 0.3 is 5.97 Å². The highest BCUT2D eigenvalue weighted by molar-refractivity contribution is 7.17. The molecular weight excluding hydrogens is 547 g/mol. The van der Waals surface area contributed by atoms with Crippen molar-refractivity contribution in [2.24, 2.45) is 5.92 Å². The Hall–Kier alpha value is -2.91. The summed E-state index contributed by atoms with van der Waals surface area (Å²) in [5, 5.41) is 2.76. The van der Waals surface area contributed by atoms with Crippen LogP contribution in [0.5, 0.6) is 0 Å². The number of hydroxylamine groups is 1. The van der Waals surface area contributed by atoms with Crippen LogP contribution in [-0.4, -0.2) is 31.0 Å². The van der Waals surface area contributed by atoms with E-state index in [4.69, 9.17) is 32.8 Å². The van der Waals surface area contributed by atoms with Crippen LogP contribution in [-0.2, 0) is 32.0 Å². The smallest absolute Gasteiger partial charge is 0.341 e. The summed E-state index contributed by atoms with van der Waals surface area (Å²) in [4.78, 5) is 49.4. The fraction of sp³-hybridized carbons (Fsp3) is 0.321. The van der Waals surface area contributed by atoms with E-state index < -0.39 is 35.8 Å². The summed E-state index contributed by atoms with van der Waals surface area (Å²) >= 11 is 14.1. The number of benzene rings is 2. The Morgan fingerprint density at radius 3 is 2.58 bits per heavy atom. The lowest BCUT2D eigenvalue weighted by atomic mass is 9.90. The number of esters is 1. The van der Waals surface area contributed by atoms with Crippen LogP contribution in [0.3, 0.4) is 0 Å². The molecule has 2 fully saturated rings. The van der Waals surface area contributed by atoms with Gasteiger partial charge in [0.15, 0.2) is 6.10 Å². The lowest BCUT2D eigenvalue weighted by Crippen LogP contribution is -2.38. The minimum atomic E-state index is -1.08. The molecule has 38 heavy (non-hydrogen) atoms. The number of hydrogen-bond donors (Lipinski definition) is 0. The van der Waals surface area contributed by atoms with Crippen LogP contribution >= 0.6 is 34.5 Å². The van der Waals surface area contributed by atoms with Gasteiger partial charge in [-0.2, -0.15) is 0 Å². The van der Waals surface area contributed by atoms with E-state index >= 15 is 0 Å². The number of carbonyl (C=O) groups is 3. The van der Waals surface area contributed by atoms with Crippen LogP contribution in [0.1, 0.15) is 50.8 Å². The lowest BCUT2D eigenvalue weighted by molar-refractivity contribution is -0.126. The molecule has 6 rings (SSSR count). The summed E-state index contributed by atoms with van der Waals surface area (Å²) in [6, 6.07) is 12.0. The first-order valence-electron chi connectivity index (χ1n) is 12.4. The predicted octanol–water partition coefficient (Wildman–Crippen LogP) is 6.08. The molecule has 1 aliphatic carbocycles. The quantitative estimate of drug-likeness (QED) is 0.279. The van der Waals surface area contributed by atoms with E-state index in [1.165, 1.54) is 18.4 Å². The highest BCUT2D eigenvalue weighted by Gasteiger charge is 2.61. The summed E-state index contributed by atoms with van der Waals surface area (Å²) in [6.45, 7) is 1.93. The van der Waals surface area contributed by atoms with Gasteiger partial charge < -0.3 is 4.74 Å². The summed E-state index contributed by atoms with van der Waals surface area (Å²) in [6.07, 6.45) is 2.36. The maximum absolute atomic E-state index is 14.2. The van der Waals surface area contributed by atoms with Gasteiger partial charge in [-0.15, -0.1) is 11.3 Å². The van der Waals surface area contributed by atoms with E-state index in [1.54, 1.807) is 23.3 Å². The molecule has 0 bridgehead atoms. The minimum absolute atomic E-state index is 0.311. The van der Waals surface area contributed by atoms with Gasteiger partial charge in [0.25, 0.3) is 5.91 Å². The zero-order chi connectivity index (χ0) is 26.7. The molecule has 1 aromatic heterocycles. The molecule has 2 saturated heterocycles. The topological polar surface area (TPSA) is 76.2 Å². The number of thiophene rings is 1. The van der Waals surface area contributed by atoms with Gasteiger partial charge in [-0.1, -0.05) is 47.5 Å². The third kappa shape index (κ3) is 3.85. The molecule has 2 amide bonds. The third-order valence-electron chi connectivity index (χ3n) is 7.49. The molecule has 7 nitrogen and oxygen atoms in total. The van der Waals surface area contributed by atoms with E-state index in [0.29, 0.717) is 32.6 Å². The number of methoxy groups -OCH3 is 1. The average Bonchev–Trinajstić information content (AvgIpc) is 3.54. The molecule has 3 atom stereocenters. The van der Waals surface area contributed by atoms with Crippen molar-refractivity contribution in [3.05, 3.63) is 79.6 Å². The number of aryl methyl sites for hydroxylation is 2. The summed E-state index contributed by atoms with van der Waals surface area (Å²) < 4.78 is 5.08. The fourth-order valence-electron chi connectivity index (χ4n) is 5.71. The van der Waals surface area contributed by atoms with E-state index in [2.05, 4.69) is 0 Å². The molecule has 0 saturated carbocycles. The number of anilines is 2. The van der Waals surface area contributed by atoms with Gasteiger partial charge in [0.1, 0.15) is 10.9 Å². The van der Waals surface area contributed by atoms with Crippen molar-refractivity contribution in [3.63, 3.8) is 0 Å². The van der Waals surface area contributed by atoms with Gasteiger partial charge in [-0.25, -0.2) is 14.8 Å². The Balaban J connectivity index is 1.48. The van der Waals surface area contributed by atoms with Crippen molar-refractivity contribution in [3.8, 4) is 0 Å². The summed E-state index contributed by atoms with van der Waals surface area (Å²) in [5.74, 6) is -2.37. The number of amides is 2. The number of halogens is 2. The molecule has 0 N–H and O–H groups in total. The van der Waals surface area contributed by atoms with E-state index in [0.717, 1.165) is 45.9 Å². The number of para-hydroxylation sites is 1. The highest BCUT2D eigenvalue weighted by atomic mass is 35.5. The zero-order valence-electron chi connectivity index (χ0n) is 20.7. The van der Waals surface area contributed by atoms with Gasteiger partial charge in [-0.3, -0.25) is 14.4 Å². The van der Waals surface area contributed by atoms with Crippen molar-refractivity contribution < 1.29 is 24.0 Å². The van der Waals surface area contributed by atoms with Gasteiger partial charge in [0.05, 0.1) is 24.4 Å². The second-order valence-corrected chi connectivity index (χ2v) is 11.6. The normalized spacial score (nSPS) is 22.6. The van der Waals surface area contributed by atoms with Crippen molar-refractivity contribution in [1.29, 1.82) is 0 Å². The Kier molecular flexibility index (Phi) is 6.46. The SMILES string of the molecule is COC(=O)c1c(N2C(=O)[C@@H]3[C@@H](c4ccc(Cl)cc4Cl)N(c4ccccc4C)O[C@H]3C2=O)sc2c1CCCC2. The number of ether oxygens (including phenoxy) is 1. The van der Waals surface area contributed by atoms with Gasteiger partial charge in [0.2, 0.25) is 5.91 Å². The average molecular weight is 571 g/mol. The number of imide groups is 1. The van der Waals surface area contributed by atoms with E-state index in [9.17, 15) is 14.4 Å². The van der Waals surface area contributed by atoms with E-state index in [1.807, 2.05) is 31.2 Å². The van der Waals surface area contributed by atoms with Crippen molar-refractivity contribution >= 4 is 63.0 Å². The standard InChI is InChI=1S/C28H24Cl2N2O5S/c1-14-7-3-5-9-19(14)32-23(16-12-11-15(29)13-18(16)30)22-24(37-32)26(34)31(25(22)33)27-21(28(35)36-2)17-8-4-6-10-20(17)38-27/h3,5,7,9,11-13,22-24H,4,6,8,10H2,1-2H3/t22-,23-,24-/m1/s1. The highest BCUT2D eigenvalue weighted by Crippen LogP contribution is 2.51. The first-order valence-corrected chi connectivity index (χ1v) is 14.0. The molecule has 0 radical (unpaired) electrons. The molecule has 2 aromatic carbocycles. The minimum Gasteiger partial charge on any atom is -0.465 e. The molecule has 196 valence electrons. The van der Waals surface area contributed by atoms with Crippen molar-refractivity contribution in [1.82, 2.24) is 0 Å². The van der Waals surface area contributed by atoms with Crippen LogP contribution in [0.2, 0.25) is 10.0 Å². The Bertz CT molecular complexity index is 1490. The molecule has 2 aliphatic heterocycles. The third-order valence-corrected chi connectivity index (χ3v) is 9.33. The first-order chi connectivity index (χ1) is 18.3. The maximum Gasteiger partial charge on any atom is 0.341 e. The molecule has 3 heterocycles. The maximum atomic E-state index is 14.2. The van der Waals surface area contributed by atoms with Crippen LogP contribution in [0.25, 0.3) is 0 Å². The van der Waals surface area contributed by atoms with Crippen LogP contribution < -0.4 is 9.96 Å². The lowest BCUT2D eigenvalue weighted by Gasteiger charge is -2.30. The summed E-state index contributed by atoms with van der Waals surface area (Å²) in [7, 11) is 1.31. The van der Waals surface area contributed by atoms with E-state index in [-0.39, 0.29) is 0 Å². The molecule has 3 aliphatic rings. The Morgan fingerprint density at radius 1 is 1.08 bits per heavy atom. The largest absolute Gasteiger partial charge is 0.465 e. The second-order valence-electron chi connectivity index (χ2n) is 9.67. The van der Waals surface area contributed by atoms with Crippen LogP contribution in [0.15, 0.2) is 42.5 Å². The predicted molar refractivity (Wildman–Crippen MR) is 146 cm³/mol. The number of hydrogen-bond acceptors (Lipinski definition) is 7. The van der Waals surface area contributed by atoms with Crippen molar-refractivity contribution in [2.45, 2.75) is 44.8 Å². The number of carbonyl (C=O) groups excluding carboxylic acids is 3. The summed E-state index contributed by atoms with van der Waals surface area (Å²) in [5.41, 5.74) is 3.45. The van der Waals surface area contributed by atoms with Crippen LogP contribution in [0.4, 0.5) is 10.7 Å². The molecule has 10 heteroatoms. The van der Waals surface area contributed by atoms with Crippen molar-refractivity contribution in [2.75, 3.05) is 17.1 Å². The monoisotopic (exact) mass is 570 g/mol. The molecule has 0 spiro atoms. The fourth-order valence-corrected chi connectivity index (χ4v) is 7.62. The number of rotatable bonds is 4. The molecule has 3 aromatic rings.